The first-order valence-corrected chi connectivity index (χ1v) is 10.4. The third kappa shape index (κ3) is 6.67. The molecule has 3 aromatic rings. The van der Waals surface area contributed by atoms with Gasteiger partial charge in [-0.2, -0.15) is 13.2 Å². The zero-order valence-electron chi connectivity index (χ0n) is 18.1. The number of methoxy groups -OCH3 is 1. The topological polar surface area (TPSA) is 106 Å². The lowest BCUT2D eigenvalue weighted by Gasteiger charge is -2.21. The maximum atomic E-state index is 13.1. The van der Waals surface area contributed by atoms with Crippen LogP contribution in [0.4, 0.5) is 30.2 Å². The fourth-order valence-electron chi connectivity index (χ4n) is 3.10. The number of thiocarbonyl (C=S) groups is 1. The lowest BCUT2D eigenvalue weighted by molar-refractivity contribution is -0.384. The van der Waals surface area contributed by atoms with Gasteiger partial charge in [-0.15, -0.1) is 0 Å². The van der Waals surface area contributed by atoms with Crippen LogP contribution >= 0.6 is 12.2 Å². The average Bonchev–Trinajstić information content (AvgIpc) is 2.82. The summed E-state index contributed by atoms with van der Waals surface area (Å²) in [6, 6.07) is 15.4. The van der Waals surface area contributed by atoms with Gasteiger partial charge in [0.2, 0.25) is 0 Å². The minimum Gasteiger partial charge on any atom is -0.495 e. The number of anilines is 2. The fraction of sp³-hybridized carbons (Fsp3) is 0.130. The number of amides is 1. The molecule has 1 atom stereocenters. The highest BCUT2D eigenvalue weighted by Gasteiger charge is 2.30. The van der Waals surface area contributed by atoms with Crippen LogP contribution in [0.2, 0.25) is 0 Å². The van der Waals surface area contributed by atoms with E-state index >= 15 is 0 Å². The molecule has 1 amide bonds. The molecule has 0 aliphatic carbocycles. The highest BCUT2D eigenvalue weighted by Crippen LogP contribution is 2.31. The molecule has 3 aromatic carbocycles. The molecule has 3 N–H and O–H groups in total. The van der Waals surface area contributed by atoms with Crippen LogP contribution in [0.25, 0.3) is 0 Å². The van der Waals surface area contributed by atoms with E-state index in [2.05, 4.69) is 16.0 Å². The molecule has 0 spiro atoms. The van der Waals surface area contributed by atoms with E-state index in [-0.39, 0.29) is 27.9 Å². The average molecular weight is 504 g/mol. The highest BCUT2D eigenvalue weighted by molar-refractivity contribution is 7.80. The Kier molecular flexibility index (Phi) is 7.87. The van der Waals surface area contributed by atoms with Crippen LogP contribution < -0.4 is 20.7 Å². The van der Waals surface area contributed by atoms with Crippen molar-refractivity contribution in [3.8, 4) is 5.75 Å². The third-order valence-electron chi connectivity index (χ3n) is 4.79. The molecule has 0 saturated carbocycles. The molecule has 12 heteroatoms. The van der Waals surface area contributed by atoms with Crippen molar-refractivity contribution in [2.24, 2.45) is 0 Å². The number of rotatable bonds is 7. The number of carbonyl (C=O) groups excluding carboxylic acids is 1. The molecule has 0 bridgehead atoms. The van der Waals surface area contributed by atoms with Gasteiger partial charge in [0.1, 0.15) is 11.8 Å². The fourth-order valence-corrected chi connectivity index (χ4v) is 3.33. The van der Waals surface area contributed by atoms with E-state index in [9.17, 15) is 28.1 Å². The zero-order valence-corrected chi connectivity index (χ0v) is 18.9. The van der Waals surface area contributed by atoms with Crippen molar-refractivity contribution >= 4 is 40.3 Å². The normalized spacial score (nSPS) is 11.8. The maximum absolute atomic E-state index is 13.1. The number of carbonyl (C=O) groups is 1. The number of hydrogen-bond donors (Lipinski definition) is 3. The summed E-state index contributed by atoms with van der Waals surface area (Å²) in [6.45, 7) is 0. The van der Waals surface area contributed by atoms with Crippen molar-refractivity contribution in [1.29, 1.82) is 0 Å². The molecule has 0 aliphatic heterocycles. The van der Waals surface area contributed by atoms with E-state index in [1.165, 1.54) is 25.3 Å². The Balaban J connectivity index is 1.81. The van der Waals surface area contributed by atoms with E-state index in [4.69, 9.17) is 17.0 Å². The van der Waals surface area contributed by atoms with Gasteiger partial charge >= 0.3 is 6.18 Å². The van der Waals surface area contributed by atoms with Crippen molar-refractivity contribution in [2.75, 3.05) is 17.7 Å². The molecule has 35 heavy (non-hydrogen) atoms. The Hall–Kier alpha value is -4.19. The van der Waals surface area contributed by atoms with E-state index in [0.717, 1.165) is 24.3 Å². The second kappa shape index (κ2) is 10.8. The second-order valence-corrected chi connectivity index (χ2v) is 7.56. The zero-order chi connectivity index (χ0) is 25.6. The van der Waals surface area contributed by atoms with Gasteiger partial charge in [-0.25, -0.2) is 0 Å². The number of benzene rings is 3. The number of nitro groups is 1. The number of hydrogen-bond acceptors (Lipinski definition) is 5. The smallest absolute Gasteiger partial charge is 0.416 e. The number of halogens is 3. The van der Waals surface area contributed by atoms with Crippen LogP contribution in [-0.2, 0) is 11.0 Å². The van der Waals surface area contributed by atoms with Gasteiger partial charge in [-0.05, 0) is 48.1 Å². The Bertz CT molecular complexity index is 1220. The summed E-state index contributed by atoms with van der Waals surface area (Å²) in [7, 11) is 1.38. The SMILES string of the molecule is COc1ccc([N+](=O)[O-])cc1NC(=S)NC(C(=O)Nc1ccc(C(F)(F)F)cc1)c1ccccc1. The largest absolute Gasteiger partial charge is 0.495 e. The number of alkyl halides is 3. The lowest BCUT2D eigenvalue weighted by Crippen LogP contribution is -2.39. The van der Waals surface area contributed by atoms with Crippen LogP contribution in [0.5, 0.6) is 5.75 Å². The van der Waals surface area contributed by atoms with Crippen molar-refractivity contribution in [1.82, 2.24) is 5.32 Å². The molecule has 0 aliphatic rings. The summed E-state index contributed by atoms with van der Waals surface area (Å²) in [5.41, 5.74) is -0.161. The maximum Gasteiger partial charge on any atom is 0.416 e. The minimum absolute atomic E-state index is 0.0415. The summed E-state index contributed by atoms with van der Waals surface area (Å²) in [5, 5.41) is 19.3. The summed E-state index contributed by atoms with van der Waals surface area (Å²) < 4.78 is 43.6. The van der Waals surface area contributed by atoms with Crippen LogP contribution in [0.3, 0.4) is 0 Å². The number of nitro benzene ring substituents is 1. The number of non-ortho nitro benzene ring substituents is 1. The Morgan fingerprint density at radius 3 is 2.26 bits per heavy atom. The van der Waals surface area contributed by atoms with E-state index in [1.807, 2.05) is 0 Å². The molecule has 0 heterocycles. The molecule has 8 nitrogen and oxygen atoms in total. The number of nitrogens with zero attached hydrogens (tertiary/aromatic N) is 1. The van der Waals surface area contributed by atoms with E-state index in [1.54, 1.807) is 30.3 Å². The van der Waals surface area contributed by atoms with E-state index < -0.39 is 28.6 Å². The molecule has 182 valence electrons. The second-order valence-electron chi connectivity index (χ2n) is 7.15. The van der Waals surface area contributed by atoms with Gasteiger partial charge in [-0.1, -0.05) is 30.3 Å². The molecule has 0 radical (unpaired) electrons. The quantitative estimate of drug-likeness (QED) is 0.228. The lowest BCUT2D eigenvalue weighted by atomic mass is 10.1. The van der Waals surface area contributed by atoms with Crippen LogP contribution in [0.15, 0.2) is 72.8 Å². The molecule has 0 aromatic heterocycles. The predicted molar refractivity (Wildman–Crippen MR) is 128 cm³/mol. The summed E-state index contributed by atoms with van der Waals surface area (Å²) in [4.78, 5) is 23.6. The van der Waals surface area contributed by atoms with Crippen molar-refractivity contribution < 1.29 is 27.6 Å². The standard InChI is InChI=1S/C23H19F3N4O4S/c1-34-19-12-11-17(30(32)33)13-18(19)28-22(35)29-20(14-5-3-2-4-6-14)21(31)27-16-9-7-15(8-10-16)23(24,25)26/h2-13,20H,1H3,(H,27,31)(H2,28,29,35). The molecular formula is C23H19F3N4O4S. The van der Waals surface area contributed by atoms with Gasteiger partial charge in [0, 0.05) is 17.8 Å². The molecule has 0 fully saturated rings. The molecule has 3 rings (SSSR count). The minimum atomic E-state index is -4.50. The van der Waals surface area contributed by atoms with Gasteiger partial charge in [0.25, 0.3) is 11.6 Å². The summed E-state index contributed by atoms with van der Waals surface area (Å²) in [5.74, 6) is -0.309. The number of nitrogens with one attached hydrogen (secondary N) is 3. The van der Waals surface area contributed by atoms with Gasteiger partial charge in [-0.3, -0.25) is 14.9 Å². The van der Waals surface area contributed by atoms with Crippen LogP contribution in [0.1, 0.15) is 17.2 Å². The van der Waals surface area contributed by atoms with Gasteiger partial charge in [0.05, 0.1) is 23.3 Å². The molecule has 1 unspecified atom stereocenters. The Morgan fingerprint density at radius 2 is 1.69 bits per heavy atom. The first kappa shape index (κ1) is 25.4. The predicted octanol–water partition coefficient (Wildman–Crippen LogP) is 5.29. The monoisotopic (exact) mass is 504 g/mol. The first-order valence-electron chi connectivity index (χ1n) is 10.0. The number of ether oxygens (including phenoxy) is 1. The van der Waals surface area contributed by atoms with Crippen molar-refractivity contribution in [3.05, 3.63) is 94.0 Å². The Morgan fingerprint density at radius 1 is 1.03 bits per heavy atom. The van der Waals surface area contributed by atoms with Crippen LogP contribution in [0, 0.1) is 10.1 Å². The molecular weight excluding hydrogens is 485 g/mol. The van der Waals surface area contributed by atoms with Crippen LogP contribution in [-0.4, -0.2) is 23.1 Å². The van der Waals surface area contributed by atoms with E-state index in [0.29, 0.717) is 5.56 Å². The Labute approximate surface area is 203 Å². The first-order chi connectivity index (χ1) is 16.6. The summed E-state index contributed by atoms with van der Waals surface area (Å²) >= 11 is 5.32. The molecule has 0 saturated heterocycles. The van der Waals surface area contributed by atoms with Crippen molar-refractivity contribution in [2.45, 2.75) is 12.2 Å². The van der Waals surface area contributed by atoms with Gasteiger partial charge < -0.3 is 20.7 Å². The van der Waals surface area contributed by atoms with Gasteiger partial charge in [0.15, 0.2) is 5.11 Å². The summed E-state index contributed by atoms with van der Waals surface area (Å²) in [6.07, 6.45) is -4.50. The van der Waals surface area contributed by atoms with Crippen molar-refractivity contribution in [3.63, 3.8) is 0 Å². The third-order valence-corrected chi connectivity index (χ3v) is 5.01. The highest BCUT2D eigenvalue weighted by atomic mass is 32.1.